The van der Waals surface area contributed by atoms with E-state index in [9.17, 15) is 19.8 Å². The van der Waals surface area contributed by atoms with E-state index < -0.39 is 47.6 Å². The number of hydroxylamine groups is 1. The monoisotopic (exact) mass is 762 g/mol. The van der Waals surface area contributed by atoms with Crippen LogP contribution in [-0.4, -0.2) is 108 Å². The van der Waals surface area contributed by atoms with Crippen molar-refractivity contribution in [2.24, 2.45) is 23.7 Å². The average molecular weight is 763 g/mol. The van der Waals surface area contributed by atoms with Crippen LogP contribution in [0.15, 0.2) is 66.3 Å². The number of hydrogen-bond donors (Lipinski definition) is 3. The standard InChI is InChI=1S/C42H55ClN4O7/c1-26-23-33-31(27(2)25-47-21-19-46(20-22-47)18-10-13-30-11-7-6-8-12-30)17-16-28(3)42(33,51)38(37(26)52-29(4)48)53-39(49)35-24-41(50)32-14-9-15-34(43)36(32)45(5)54-40(41)44-35/h6-15,23,27-28,31,33,35,37-38,40,44,50-51H,16-22,24-25H2,1-5H3/b13-10+/t27?,28-,31+,33-,35+,37-,38+,40-,41-,42-/m1/s1. The third kappa shape index (κ3) is 7.36. The number of carbonyl (C=O) groups is 2. The summed E-state index contributed by atoms with van der Waals surface area (Å²) in [6.45, 7) is 13.2. The highest BCUT2D eigenvalue weighted by atomic mass is 35.5. The van der Waals surface area contributed by atoms with Crippen LogP contribution in [0.3, 0.4) is 0 Å². The van der Waals surface area contributed by atoms with E-state index in [4.69, 9.17) is 25.9 Å². The highest BCUT2D eigenvalue weighted by Gasteiger charge is 2.62. The van der Waals surface area contributed by atoms with Gasteiger partial charge in [0.15, 0.2) is 18.4 Å². The van der Waals surface area contributed by atoms with Gasteiger partial charge in [-0.25, -0.2) is 0 Å². The van der Waals surface area contributed by atoms with Gasteiger partial charge in [0.2, 0.25) is 0 Å². The highest BCUT2D eigenvalue weighted by Crippen LogP contribution is 2.53. The summed E-state index contributed by atoms with van der Waals surface area (Å²) in [7, 11) is 1.70. The Bertz CT molecular complexity index is 1750. The van der Waals surface area contributed by atoms with Crippen molar-refractivity contribution in [1.29, 1.82) is 0 Å². The van der Waals surface area contributed by atoms with Crippen molar-refractivity contribution < 1.29 is 34.1 Å². The van der Waals surface area contributed by atoms with Crippen LogP contribution in [-0.2, 0) is 29.5 Å². The van der Waals surface area contributed by atoms with E-state index in [2.05, 4.69) is 64.5 Å². The van der Waals surface area contributed by atoms with Crippen molar-refractivity contribution in [3.05, 3.63) is 82.4 Å². The molecular weight excluding hydrogens is 708 g/mol. The Hall–Kier alpha value is -3.29. The van der Waals surface area contributed by atoms with Crippen molar-refractivity contribution in [2.75, 3.05) is 51.4 Å². The number of para-hydroxylation sites is 1. The lowest BCUT2D eigenvalue weighted by atomic mass is 9.55. The lowest BCUT2D eigenvalue weighted by molar-refractivity contribution is -0.225. The molecule has 3 N–H and O–H groups in total. The number of piperazine rings is 1. The number of halogens is 1. The molecule has 3 heterocycles. The Labute approximate surface area is 323 Å². The van der Waals surface area contributed by atoms with Crippen LogP contribution >= 0.6 is 11.6 Å². The molecule has 2 saturated heterocycles. The van der Waals surface area contributed by atoms with Crippen molar-refractivity contribution >= 4 is 35.3 Å². The summed E-state index contributed by atoms with van der Waals surface area (Å²) < 4.78 is 12.2. The molecule has 0 amide bonds. The van der Waals surface area contributed by atoms with Crippen LogP contribution < -0.4 is 10.4 Å². The van der Waals surface area contributed by atoms with E-state index in [0.29, 0.717) is 16.3 Å². The maximum absolute atomic E-state index is 14.2. The SMILES string of the molecule is CC(=O)O[C@@H]1C(C)=C[C@@H]2[C@H](C(C)CN3CCN(C/C=C/c4ccccc4)CC3)CC[C@@H](C)[C@]2(O)[C@H]1OC(=O)[C@@H]1C[C@@]2(O)c3cccc(Cl)c3N(C)O[C@H]2N1. The fourth-order valence-corrected chi connectivity index (χ4v) is 10.1. The molecule has 7 rings (SSSR count). The molecule has 2 aliphatic carbocycles. The minimum absolute atomic E-state index is 0.0366. The second kappa shape index (κ2) is 15.7. The number of carbonyl (C=O) groups excluding carboxylic acids is 2. The maximum Gasteiger partial charge on any atom is 0.323 e. The van der Waals surface area contributed by atoms with E-state index >= 15 is 0 Å². The van der Waals surface area contributed by atoms with Crippen LogP contribution in [0.2, 0.25) is 5.02 Å². The molecule has 1 unspecified atom stereocenters. The number of nitrogens with one attached hydrogen (secondary N) is 1. The molecule has 0 radical (unpaired) electrons. The maximum atomic E-state index is 14.2. The zero-order chi connectivity index (χ0) is 38.4. The first-order valence-electron chi connectivity index (χ1n) is 19.4. The molecule has 1 saturated carbocycles. The molecule has 2 aromatic carbocycles. The van der Waals surface area contributed by atoms with E-state index in [1.54, 1.807) is 25.2 Å². The van der Waals surface area contributed by atoms with E-state index in [-0.39, 0.29) is 30.1 Å². The molecule has 54 heavy (non-hydrogen) atoms. The van der Waals surface area contributed by atoms with Gasteiger partial charge in [0.05, 0.1) is 10.7 Å². The number of ether oxygens (including phenoxy) is 2. The van der Waals surface area contributed by atoms with Gasteiger partial charge in [0.25, 0.3) is 0 Å². The molecule has 10 atom stereocenters. The summed E-state index contributed by atoms with van der Waals surface area (Å²) >= 11 is 6.48. The molecule has 2 aromatic rings. The first-order valence-corrected chi connectivity index (χ1v) is 19.8. The number of rotatable bonds is 9. The zero-order valence-electron chi connectivity index (χ0n) is 32.0. The fraction of sp³-hybridized carbons (Fsp3) is 0.571. The van der Waals surface area contributed by atoms with Gasteiger partial charge in [0, 0.05) is 71.1 Å². The summed E-state index contributed by atoms with van der Waals surface area (Å²) in [6, 6.07) is 14.6. The third-order valence-electron chi connectivity index (χ3n) is 12.7. The first-order chi connectivity index (χ1) is 25.8. The largest absolute Gasteiger partial charge is 0.454 e. The van der Waals surface area contributed by atoms with Crippen LogP contribution in [0.25, 0.3) is 6.08 Å². The minimum Gasteiger partial charge on any atom is -0.454 e. The molecule has 292 valence electrons. The topological polar surface area (TPSA) is 124 Å². The number of esters is 2. The predicted molar refractivity (Wildman–Crippen MR) is 207 cm³/mol. The second-order valence-corrected chi connectivity index (χ2v) is 16.6. The van der Waals surface area contributed by atoms with Gasteiger partial charge < -0.3 is 24.6 Å². The molecule has 12 heteroatoms. The molecule has 3 fully saturated rings. The van der Waals surface area contributed by atoms with Crippen LogP contribution in [0.5, 0.6) is 0 Å². The quantitative estimate of drug-likeness (QED) is 0.242. The summed E-state index contributed by atoms with van der Waals surface area (Å²) in [6.07, 6.45) is 5.07. The van der Waals surface area contributed by atoms with Crippen LogP contribution in [0.1, 0.15) is 58.1 Å². The van der Waals surface area contributed by atoms with Crippen molar-refractivity contribution in [3.8, 4) is 0 Å². The van der Waals surface area contributed by atoms with Crippen LogP contribution in [0, 0.1) is 23.7 Å². The molecule has 0 aromatic heterocycles. The first kappa shape index (κ1) is 39.0. The third-order valence-corrected chi connectivity index (χ3v) is 13.0. The van der Waals surface area contributed by atoms with Gasteiger partial charge >= 0.3 is 11.9 Å². The van der Waals surface area contributed by atoms with Gasteiger partial charge in [-0.1, -0.05) is 86.1 Å². The van der Waals surface area contributed by atoms with E-state index in [1.165, 1.54) is 17.6 Å². The van der Waals surface area contributed by atoms with Crippen molar-refractivity contribution in [3.63, 3.8) is 0 Å². The van der Waals surface area contributed by atoms with Gasteiger partial charge in [-0.2, -0.15) is 0 Å². The van der Waals surface area contributed by atoms with Gasteiger partial charge in [0.1, 0.15) is 17.2 Å². The Morgan fingerprint density at radius 1 is 1.06 bits per heavy atom. The second-order valence-electron chi connectivity index (χ2n) is 16.2. The molecule has 11 nitrogen and oxygen atoms in total. The Kier molecular flexibility index (Phi) is 11.3. The number of nitrogens with zero attached hydrogens (tertiary/aromatic N) is 3. The van der Waals surface area contributed by atoms with E-state index in [0.717, 1.165) is 57.7 Å². The summed E-state index contributed by atoms with van der Waals surface area (Å²) in [4.78, 5) is 37.6. The molecule has 3 aliphatic heterocycles. The smallest absolute Gasteiger partial charge is 0.323 e. The number of fused-ring (bicyclic) bond motifs is 4. The number of benzene rings is 2. The lowest BCUT2D eigenvalue weighted by Gasteiger charge is -2.56. The lowest BCUT2D eigenvalue weighted by Crippen LogP contribution is -2.66. The van der Waals surface area contributed by atoms with Gasteiger partial charge in [-0.15, -0.1) is 0 Å². The zero-order valence-corrected chi connectivity index (χ0v) is 32.7. The number of hydrogen-bond acceptors (Lipinski definition) is 11. The molecular formula is C42H55ClN4O7. The average Bonchev–Trinajstić information content (AvgIpc) is 3.49. The van der Waals surface area contributed by atoms with Crippen molar-refractivity contribution in [1.82, 2.24) is 15.1 Å². The summed E-state index contributed by atoms with van der Waals surface area (Å²) in [5.41, 5.74) is -0.0139. The summed E-state index contributed by atoms with van der Waals surface area (Å²) in [5, 5.41) is 29.9. The van der Waals surface area contributed by atoms with Crippen LogP contribution in [0.4, 0.5) is 5.69 Å². The number of anilines is 1. The Balaban J connectivity index is 1.05. The molecule has 0 spiro atoms. The fourth-order valence-electron chi connectivity index (χ4n) is 9.76. The number of aliphatic hydroxyl groups is 2. The van der Waals surface area contributed by atoms with Crippen molar-refractivity contribution in [2.45, 2.75) is 82.6 Å². The minimum atomic E-state index is -1.56. The molecule has 0 bridgehead atoms. The normalized spacial score (nSPS) is 34.8. The molecule has 5 aliphatic rings. The Morgan fingerprint density at radius 3 is 2.50 bits per heavy atom. The summed E-state index contributed by atoms with van der Waals surface area (Å²) in [5.74, 6) is -1.38. The van der Waals surface area contributed by atoms with E-state index in [1.807, 2.05) is 19.9 Å². The Morgan fingerprint density at radius 2 is 1.78 bits per heavy atom. The van der Waals surface area contributed by atoms with Gasteiger partial charge in [-0.05, 0) is 54.7 Å². The predicted octanol–water partition coefficient (Wildman–Crippen LogP) is 4.76. The highest BCUT2D eigenvalue weighted by molar-refractivity contribution is 6.33. The van der Waals surface area contributed by atoms with Gasteiger partial charge in [-0.3, -0.25) is 29.7 Å².